The molecule has 0 saturated carbocycles. The summed E-state index contributed by atoms with van der Waals surface area (Å²) in [7, 11) is 0. The highest BCUT2D eigenvalue weighted by atomic mass is 16.6. The van der Waals surface area contributed by atoms with E-state index in [9.17, 15) is 9.59 Å². The zero-order valence-corrected chi connectivity index (χ0v) is 11.2. The lowest BCUT2D eigenvalue weighted by Gasteiger charge is -2.01. The predicted octanol–water partition coefficient (Wildman–Crippen LogP) is 3.38. The first kappa shape index (κ1) is 13.1. The molecule has 0 unspecified atom stereocenters. The number of hydrogen-bond donors (Lipinski definition) is 0. The number of rotatable bonds is 3. The highest BCUT2D eigenvalue weighted by molar-refractivity contribution is 6.11. The van der Waals surface area contributed by atoms with Crippen molar-refractivity contribution in [1.29, 1.82) is 0 Å². The first-order valence-corrected chi connectivity index (χ1v) is 6.54. The summed E-state index contributed by atoms with van der Waals surface area (Å²) < 4.78 is 4.42. The first-order valence-electron chi connectivity index (χ1n) is 6.54. The van der Waals surface area contributed by atoms with Crippen molar-refractivity contribution in [2.24, 2.45) is 0 Å². The number of cyclic esters (lactones) is 2. The van der Waals surface area contributed by atoms with Crippen molar-refractivity contribution in [1.82, 2.24) is 0 Å². The molecule has 2 aromatic rings. The van der Waals surface area contributed by atoms with E-state index in [1.807, 2.05) is 42.5 Å². The number of ether oxygens (including phenoxy) is 1. The number of carbonyl (C=O) groups excluding carboxylic acids is 2. The quantitative estimate of drug-likeness (QED) is 0.637. The van der Waals surface area contributed by atoms with Gasteiger partial charge in [-0.3, -0.25) is 0 Å². The van der Waals surface area contributed by atoms with Crippen molar-refractivity contribution in [3.05, 3.63) is 77.9 Å². The molecule has 1 aliphatic rings. The molecule has 1 aliphatic heterocycles. The van der Waals surface area contributed by atoms with Crippen LogP contribution < -0.4 is 0 Å². The number of hydrogen-bond acceptors (Lipinski definition) is 3. The number of esters is 2. The lowest BCUT2D eigenvalue weighted by Crippen LogP contribution is -2.00. The fraction of sp³-hybridized carbons (Fsp3) is 0. The maximum atomic E-state index is 11.3. The average Bonchev–Trinajstić information content (AvgIpc) is 2.84. The predicted molar refractivity (Wildman–Crippen MR) is 80.1 cm³/mol. The molecule has 0 bridgehead atoms. The van der Waals surface area contributed by atoms with Crippen LogP contribution >= 0.6 is 0 Å². The van der Waals surface area contributed by atoms with Crippen LogP contribution in [0.5, 0.6) is 0 Å². The van der Waals surface area contributed by atoms with Gasteiger partial charge in [-0.25, -0.2) is 9.59 Å². The fourth-order valence-corrected chi connectivity index (χ4v) is 2.09. The van der Waals surface area contributed by atoms with E-state index in [1.54, 1.807) is 12.2 Å². The molecule has 3 heteroatoms. The van der Waals surface area contributed by atoms with Gasteiger partial charge in [0.25, 0.3) is 0 Å². The van der Waals surface area contributed by atoms with Gasteiger partial charge in [0.1, 0.15) is 0 Å². The molecular weight excluding hydrogens is 264 g/mol. The molecule has 2 aromatic carbocycles. The molecule has 102 valence electrons. The Balaban J connectivity index is 1.78. The van der Waals surface area contributed by atoms with E-state index < -0.39 is 11.9 Å². The summed E-state index contributed by atoms with van der Waals surface area (Å²) in [6.45, 7) is 0. The van der Waals surface area contributed by atoms with Gasteiger partial charge in [0, 0.05) is 6.08 Å². The first-order chi connectivity index (χ1) is 10.2. The molecule has 0 atom stereocenters. The van der Waals surface area contributed by atoms with Gasteiger partial charge in [-0.1, -0.05) is 60.7 Å². The summed E-state index contributed by atoms with van der Waals surface area (Å²) in [4.78, 5) is 22.2. The highest BCUT2D eigenvalue weighted by Gasteiger charge is 2.20. The minimum atomic E-state index is -0.612. The van der Waals surface area contributed by atoms with Gasteiger partial charge in [-0.2, -0.15) is 0 Å². The van der Waals surface area contributed by atoms with Gasteiger partial charge in [0.15, 0.2) is 0 Å². The monoisotopic (exact) mass is 276 g/mol. The third-order valence-corrected chi connectivity index (χ3v) is 3.18. The second-order valence-corrected chi connectivity index (χ2v) is 4.63. The van der Waals surface area contributed by atoms with Crippen molar-refractivity contribution >= 4 is 18.0 Å². The Morgan fingerprint density at radius 2 is 1.43 bits per heavy atom. The summed E-state index contributed by atoms with van der Waals surface area (Å²) in [6.07, 6.45) is 4.56. The van der Waals surface area contributed by atoms with Crippen LogP contribution in [0.2, 0.25) is 0 Å². The van der Waals surface area contributed by atoms with Crippen molar-refractivity contribution < 1.29 is 14.3 Å². The molecular formula is C18H12O3. The molecule has 0 spiro atoms. The Labute approximate surface area is 122 Å². The topological polar surface area (TPSA) is 43.4 Å². The normalized spacial score (nSPS) is 14.4. The Hall–Kier alpha value is -2.94. The van der Waals surface area contributed by atoms with Crippen LogP contribution in [0.25, 0.3) is 17.2 Å². The Kier molecular flexibility index (Phi) is 3.48. The van der Waals surface area contributed by atoms with Crippen LogP contribution in [0, 0.1) is 0 Å². The maximum absolute atomic E-state index is 11.3. The molecule has 0 amide bonds. The second kappa shape index (κ2) is 5.59. The van der Waals surface area contributed by atoms with Crippen LogP contribution in [0.1, 0.15) is 5.56 Å². The number of carbonyl (C=O) groups is 2. The molecule has 0 N–H and O–H groups in total. The summed E-state index contributed by atoms with van der Waals surface area (Å²) in [5.41, 5.74) is 3.50. The van der Waals surface area contributed by atoms with E-state index in [2.05, 4.69) is 16.9 Å². The van der Waals surface area contributed by atoms with Crippen LogP contribution in [-0.4, -0.2) is 11.9 Å². The Bertz CT molecular complexity index is 738. The molecule has 0 aromatic heterocycles. The smallest absolute Gasteiger partial charge is 0.346 e. The van der Waals surface area contributed by atoms with Gasteiger partial charge >= 0.3 is 11.9 Å². The van der Waals surface area contributed by atoms with Gasteiger partial charge in [0.05, 0.1) is 5.57 Å². The van der Waals surface area contributed by atoms with Gasteiger partial charge in [-0.05, 0) is 22.8 Å². The molecule has 0 fully saturated rings. The van der Waals surface area contributed by atoms with Crippen LogP contribution in [0.4, 0.5) is 0 Å². The van der Waals surface area contributed by atoms with E-state index in [1.165, 1.54) is 6.08 Å². The third-order valence-electron chi connectivity index (χ3n) is 3.18. The van der Waals surface area contributed by atoms with E-state index in [0.717, 1.165) is 16.7 Å². The zero-order chi connectivity index (χ0) is 14.7. The zero-order valence-electron chi connectivity index (χ0n) is 11.2. The maximum Gasteiger partial charge on any atom is 0.346 e. The minimum Gasteiger partial charge on any atom is -0.386 e. The lowest BCUT2D eigenvalue weighted by atomic mass is 10.0. The van der Waals surface area contributed by atoms with E-state index in [4.69, 9.17) is 0 Å². The molecule has 0 aliphatic carbocycles. The van der Waals surface area contributed by atoms with Crippen molar-refractivity contribution in [3.8, 4) is 11.1 Å². The standard InChI is InChI=1S/C18H12O3/c19-17-12-16(18(20)21-17)11-8-13-6-9-15(10-7-13)14-4-2-1-3-5-14/h1-12H. The summed E-state index contributed by atoms with van der Waals surface area (Å²) in [5, 5.41) is 0. The van der Waals surface area contributed by atoms with E-state index in [-0.39, 0.29) is 5.57 Å². The Morgan fingerprint density at radius 1 is 0.762 bits per heavy atom. The summed E-state index contributed by atoms with van der Waals surface area (Å²) in [6, 6.07) is 18.0. The number of benzene rings is 2. The molecule has 3 nitrogen and oxygen atoms in total. The van der Waals surface area contributed by atoms with Crippen LogP contribution in [0.3, 0.4) is 0 Å². The summed E-state index contributed by atoms with van der Waals surface area (Å²) in [5.74, 6) is -1.21. The van der Waals surface area contributed by atoms with Gasteiger partial charge in [0.2, 0.25) is 0 Å². The summed E-state index contributed by atoms with van der Waals surface area (Å²) >= 11 is 0. The molecule has 21 heavy (non-hydrogen) atoms. The van der Waals surface area contributed by atoms with Gasteiger partial charge in [-0.15, -0.1) is 0 Å². The SMILES string of the molecule is O=C1C=C(C=Cc2ccc(-c3ccccc3)cc2)C(=O)O1. The Morgan fingerprint density at radius 3 is 2.05 bits per heavy atom. The van der Waals surface area contributed by atoms with Crippen molar-refractivity contribution in [3.63, 3.8) is 0 Å². The highest BCUT2D eigenvalue weighted by Crippen LogP contribution is 2.20. The van der Waals surface area contributed by atoms with E-state index in [0.29, 0.717) is 0 Å². The molecule has 0 radical (unpaired) electrons. The van der Waals surface area contributed by atoms with Crippen LogP contribution in [0.15, 0.2) is 72.3 Å². The van der Waals surface area contributed by atoms with E-state index >= 15 is 0 Å². The minimum absolute atomic E-state index is 0.270. The largest absolute Gasteiger partial charge is 0.386 e. The lowest BCUT2D eigenvalue weighted by molar-refractivity contribution is -0.150. The van der Waals surface area contributed by atoms with Crippen molar-refractivity contribution in [2.75, 3.05) is 0 Å². The molecule has 3 rings (SSSR count). The van der Waals surface area contributed by atoms with Crippen molar-refractivity contribution in [2.45, 2.75) is 0 Å². The third kappa shape index (κ3) is 2.98. The van der Waals surface area contributed by atoms with Gasteiger partial charge < -0.3 is 4.74 Å². The second-order valence-electron chi connectivity index (χ2n) is 4.63. The molecule has 1 heterocycles. The molecule has 0 saturated heterocycles. The van der Waals surface area contributed by atoms with Crippen LogP contribution in [-0.2, 0) is 14.3 Å². The fourth-order valence-electron chi connectivity index (χ4n) is 2.09. The average molecular weight is 276 g/mol.